The summed E-state index contributed by atoms with van der Waals surface area (Å²) in [4.78, 5) is 0. The molecule has 0 heterocycles. The van der Waals surface area contributed by atoms with Crippen LogP contribution in [-0.4, -0.2) is 19.8 Å². The van der Waals surface area contributed by atoms with Crippen molar-refractivity contribution in [1.82, 2.24) is 5.32 Å². The van der Waals surface area contributed by atoms with Crippen LogP contribution in [0.4, 0.5) is 0 Å². The lowest BCUT2D eigenvalue weighted by molar-refractivity contribution is 0.310. The van der Waals surface area contributed by atoms with Crippen LogP contribution in [0.15, 0.2) is 18.2 Å². The minimum atomic E-state index is 0.663. The Morgan fingerprint density at radius 2 is 1.95 bits per heavy atom. The van der Waals surface area contributed by atoms with E-state index in [0.29, 0.717) is 12.6 Å². The van der Waals surface area contributed by atoms with Crippen LogP contribution in [0.25, 0.3) is 0 Å². The van der Waals surface area contributed by atoms with Crippen molar-refractivity contribution in [3.05, 3.63) is 23.8 Å². The first kappa shape index (κ1) is 14.2. The standard InChI is InChI=1S/C16H25NO2/c1-3-19-16-11-13(9-10-15(16)18-2)12-17-14-7-5-4-6-8-14/h9-11,14,17H,3-8,12H2,1-2H3. The van der Waals surface area contributed by atoms with E-state index in [1.165, 1.54) is 37.7 Å². The van der Waals surface area contributed by atoms with Crippen LogP contribution >= 0.6 is 0 Å². The maximum atomic E-state index is 5.61. The van der Waals surface area contributed by atoms with Gasteiger partial charge in [-0.15, -0.1) is 0 Å². The third-order valence-corrected chi connectivity index (χ3v) is 3.73. The fourth-order valence-corrected chi connectivity index (χ4v) is 2.67. The van der Waals surface area contributed by atoms with Crippen molar-refractivity contribution < 1.29 is 9.47 Å². The molecule has 0 unspecified atom stereocenters. The molecule has 19 heavy (non-hydrogen) atoms. The van der Waals surface area contributed by atoms with Gasteiger partial charge in [0.1, 0.15) is 0 Å². The summed E-state index contributed by atoms with van der Waals surface area (Å²) >= 11 is 0. The van der Waals surface area contributed by atoms with Crippen LogP contribution in [0, 0.1) is 0 Å². The molecule has 0 atom stereocenters. The Hall–Kier alpha value is -1.22. The fraction of sp³-hybridized carbons (Fsp3) is 0.625. The average molecular weight is 263 g/mol. The molecule has 1 N–H and O–H groups in total. The van der Waals surface area contributed by atoms with Crippen molar-refractivity contribution in [1.29, 1.82) is 0 Å². The van der Waals surface area contributed by atoms with Gasteiger partial charge in [0.2, 0.25) is 0 Å². The third-order valence-electron chi connectivity index (χ3n) is 3.73. The van der Waals surface area contributed by atoms with Crippen molar-refractivity contribution in [2.75, 3.05) is 13.7 Å². The van der Waals surface area contributed by atoms with Gasteiger partial charge in [-0.2, -0.15) is 0 Å². The minimum absolute atomic E-state index is 0.663. The van der Waals surface area contributed by atoms with Crippen molar-refractivity contribution in [2.45, 2.75) is 51.6 Å². The Morgan fingerprint density at radius 3 is 2.63 bits per heavy atom. The van der Waals surface area contributed by atoms with Gasteiger partial charge in [0.15, 0.2) is 11.5 Å². The molecule has 1 fully saturated rings. The molecular formula is C16H25NO2. The molecule has 0 spiro atoms. The lowest BCUT2D eigenvalue weighted by Crippen LogP contribution is -2.30. The highest BCUT2D eigenvalue weighted by Crippen LogP contribution is 2.28. The fourth-order valence-electron chi connectivity index (χ4n) is 2.67. The Kier molecular flexibility index (Phi) is 5.52. The summed E-state index contributed by atoms with van der Waals surface area (Å²) < 4.78 is 10.9. The van der Waals surface area contributed by atoms with Gasteiger partial charge in [0, 0.05) is 12.6 Å². The maximum absolute atomic E-state index is 5.61. The predicted molar refractivity (Wildman–Crippen MR) is 77.9 cm³/mol. The van der Waals surface area contributed by atoms with E-state index < -0.39 is 0 Å². The Labute approximate surface area is 116 Å². The highest BCUT2D eigenvalue weighted by molar-refractivity contribution is 5.42. The SMILES string of the molecule is CCOc1cc(CNC2CCCCC2)ccc1OC. The van der Waals surface area contributed by atoms with Crippen LogP contribution in [-0.2, 0) is 6.54 Å². The normalized spacial score (nSPS) is 16.3. The summed E-state index contributed by atoms with van der Waals surface area (Å²) in [7, 11) is 1.68. The molecular weight excluding hydrogens is 238 g/mol. The first-order valence-electron chi connectivity index (χ1n) is 7.36. The zero-order valence-electron chi connectivity index (χ0n) is 12.1. The van der Waals surface area contributed by atoms with Gasteiger partial charge in [0.25, 0.3) is 0 Å². The second-order valence-corrected chi connectivity index (χ2v) is 5.13. The molecule has 1 aromatic carbocycles. The van der Waals surface area contributed by atoms with E-state index in [4.69, 9.17) is 9.47 Å². The van der Waals surface area contributed by atoms with Gasteiger partial charge in [0.05, 0.1) is 13.7 Å². The molecule has 0 aromatic heterocycles. The molecule has 1 aliphatic carbocycles. The van der Waals surface area contributed by atoms with Crippen LogP contribution in [0.1, 0.15) is 44.6 Å². The molecule has 0 amide bonds. The number of benzene rings is 1. The highest BCUT2D eigenvalue weighted by Gasteiger charge is 2.13. The van der Waals surface area contributed by atoms with E-state index in [-0.39, 0.29) is 0 Å². The summed E-state index contributed by atoms with van der Waals surface area (Å²) in [6.45, 7) is 3.57. The summed E-state index contributed by atoms with van der Waals surface area (Å²) in [5, 5.41) is 3.65. The summed E-state index contributed by atoms with van der Waals surface area (Å²) in [6, 6.07) is 6.87. The third kappa shape index (κ3) is 4.13. The van der Waals surface area contributed by atoms with Crippen LogP contribution in [0.3, 0.4) is 0 Å². The summed E-state index contributed by atoms with van der Waals surface area (Å²) in [5.41, 5.74) is 1.26. The molecule has 1 aromatic rings. The highest BCUT2D eigenvalue weighted by atomic mass is 16.5. The number of hydrogen-bond acceptors (Lipinski definition) is 3. The zero-order chi connectivity index (χ0) is 13.5. The van der Waals surface area contributed by atoms with E-state index in [2.05, 4.69) is 17.4 Å². The second kappa shape index (κ2) is 7.39. The lowest BCUT2D eigenvalue weighted by Gasteiger charge is -2.23. The number of ether oxygens (including phenoxy) is 2. The van der Waals surface area contributed by atoms with E-state index >= 15 is 0 Å². The number of methoxy groups -OCH3 is 1. The average Bonchev–Trinajstić information content (AvgIpc) is 2.47. The molecule has 0 saturated heterocycles. The maximum Gasteiger partial charge on any atom is 0.161 e. The number of nitrogens with one attached hydrogen (secondary N) is 1. The van der Waals surface area contributed by atoms with E-state index in [1.54, 1.807) is 7.11 Å². The quantitative estimate of drug-likeness (QED) is 0.852. The number of rotatable bonds is 6. The van der Waals surface area contributed by atoms with Gasteiger partial charge < -0.3 is 14.8 Å². The van der Waals surface area contributed by atoms with Gasteiger partial charge in [-0.3, -0.25) is 0 Å². The molecule has 3 nitrogen and oxygen atoms in total. The van der Waals surface area contributed by atoms with Crippen LogP contribution < -0.4 is 14.8 Å². The molecule has 106 valence electrons. The smallest absolute Gasteiger partial charge is 0.161 e. The van der Waals surface area contributed by atoms with Crippen molar-refractivity contribution >= 4 is 0 Å². The Balaban J connectivity index is 1.93. The van der Waals surface area contributed by atoms with Gasteiger partial charge in [-0.1, -0.05) is 25.3 Å². The van der Waals surface area contributed by atoms with E-state index in [1.807, 2.05) is 13.0 Å². The second-order valence-electron chi connectivity index (χ2n) is 5.13. The van der Waals surface area contributed by atoms with E-state index in [0.717, 1.165) is 18.0 Å². The Morgan fingerprint density at radius 1 is 1.16 bits per heavy atom. The largest absolute Gasteiger partial charge is 0.493 e. The van der Waals surface area contributed by atoms with Gasteiger partial charge in [-0.05, 0) is 37.5 Å². The first-order valence-corrected chi connectivity index (χ1v) is 7.36. The predicted octanol–water partition coefficient (Wildman–Crippen LogP) is 3.52. The molecule has 1 saturated carbocycles. The van der Waals surface area contributed by atoms with Crippen molar-refractivity contribution in [3.8, 4) is 11.5 Å². The van der Waals surface area contributed by atoms with Gasteiger partial charge >= 0.3 is 0 Å². The van der Waals surface area contributed by atoms with E-state index in [9.17, 15) is 0 Å². The summed E-state index contributed by atoms with van der Waals surface area (Å²) in [5.74, 6) is 1.65. The number of hydrogen-bond donors (Lipinski definition) is 1. The molecule has 0 aliphatic heterocycles. The van der Waals surface area contributed by atoms with Gasteiger partial charge in [-0.25, -0.2) is 0 Å². The zero-order valence-corrected chi connectivity index (χ0v) is 12.1. The molecule has 2 rings (SSSR count). The van der Waals surface area contributed by atoms with Crippen LogP contribution in [0.2, 0.25) is 0 Å². The lowest BCUT2D eigenvalue weighted by atomic mass is 9.95. The molecule has 1 aliphatic rings. The Bertz CT molecular complexity index is 386. The first-order chi connectivity index (χ1) is 9.33. The monoisotopic (exact) mass is 263 g/mol. The van der Waals surface area contributed by atoms with Crippen molar-refractivity contribution in [3.63, 3.8) is 0 Å². The summed E-state index contributed by atoms with van der Waals surface area (Å²) in [6.07, 6.45) is 6.76. The van der Waals surface area contributed by atoms with Crippen molar-refractivity contribution in [2.24, 2.45) is 0 Å². The topological polar surface area (TPSA) is 30.5 Å². The molecule has 0 bridgehead atoms. The molecule has 3 heteroatoms. The molecule has 0 radical (unpaired) electrons. The minimum Gasteiger partial charge on any atom is -0.493 e. The van der Waals surface area contributed by atoms with Crippen LogP contribution in [0.5, 0.6) is 11.5 Å².